The summed E-state index contributed by atoms with van der Waals surface area (Å²) in [5, 5.41) is 3.26. The lowest BCUT2D eigenvalue weighted by atomic mass is 9.96. The normalized spacial score (nSPS) is 16.3. The third-order valence-electron chi connectivity index (χ3n) is 3.85. The fourth-order valence-electron chi connectivity index (χ4n) is 2.55. The predicted molar refractivity (Wildman–Crippen MR) is 73.5 cm³/mol. The van der Waals surface area contributed by atoms with Crippen molar-refractivity contribution in [1.82, 2.24) is 10.2 Å². The van der Waals surface area contributed by atoms with Crippen LogP contribution in [0.4, 0.5) is 13.2 Å². The molecule has 0 saturated carbocycles. The molecule has 0 aliphatic carbocycles. The number of hydrogen-bond acceptors (Lipinski definition) is 2. The minimum absolute atomic E-state index is 0.404. The fraction of sp³-hybridized carbons (Fsp3) is 0.533. The van der Waals surface area contributed by atoms with E-state index in [9.17, 15) is 18.0 Å². The van der Waals surface area contributed by atoms with Gasteiger partial charge in [-0.15, -0.1) is 0 Å². The average Bonchev–Trinajstić information content (AvgIpc) is 2.51. The lowest BCUT2D eigenvalue weighted by Gasteiger charge is -2.32. The van der Waals surface area contributed by atoms with Gasteiger partial charge in [0.15, 0.2) is 17.5 Å². The van der Waals surface area contributed by atoms with Gasteiger partial charge in [0.1, 0.15) is 0 Å². The van der Waals surface area contributed by atoms with E-state index in [2.05, 4.69) is 5.32 Å². The van der Waals surface area contributed by atoms with Crippen molar-refractivity contribution >= 4 is 5.91 Å². The third-order valence-corrected chi connectivity index (χ3v) is 3.85. The Morgan fingerprint density at radius 1 is 1.24 bits per heavy atom. The molecule has 1 amide bonds. The Morgan fingerprint density at radius 3 is 2.52 bits per heavy atom. The van der Waals surface area contributed by atoms with Crippen LogP contribution in [0.5, 0.6) is 0 Å². The van der Waals surface area contributed by atoms with Crippen LogP contribution in [0.2, 0.25) is 0 Å². The molecular weight excluding hydrogens is 281 g/mol. The molecule has 0 spiro atoms. The maximum Gasteiger partial charge on any atom is 0.256 e. The molecule has 0 aromatic heterocycles. The second kappa shape index (κ2) is 6.93. The molecule has 1 heterocycles. The van der Waals surface area contributed by atoms with Gasteiger partial charge in [-0.1, -0.05) is 6.92 Å². The number of piperidine rings is 1. The van der Waals surface area contributed by atoms with Gasteiger partial charge >= 0.3 is 0 Å². The number of nitrogens with one attached hydrogen (secondary N) is 1. The molecule has 0 unspecified atom stereocenters. The van der Waals surface area contributed by atoms with Crippen molar-refractivity contribution in [3.05, 3.63) is 35.1 Å². The molecule has 1 saturated heterocycles. The molecule has 21 heavy (non-hydrogen) atoms. The van der Waals surface area contributed by atoms with Crippen LogP contribution in [0.15, 0.2) is 12.1 Å². The highest BCUT2D eigenvalue weighted by molar-refractivity contribution is 5.94. The summed E-state index contributed by atoms with van der Waals surface area (Å²) < 4.78 is 39.7. The minimum Gasteiger partial charge on any atom is -0.339 e. The van der Waals surface area contributed by atoms with Gasteiger partial charge in [-0.05, 0) is 44.0 Å². The van der Waals surface area contributed by atoms with Crippen LogP contribution >= 0.6 is 0 Å². The Bertz CT molecular complexity index is 514. The number of nitrogens with zero attached hydrogens (tertiary/aromatic N) is 1. The lowest BCUT2D eigenvalue weighted by molar-refractivity contribution is 0.0684. The second-order valence-electron chi connectivity index (χ2n) is 5.27. The standard InChI is InChI=1S/C15H19F3N2O/c1-2-19-9-10-5-7-20(8-6-10)15(21)11-3-4-12(16)14(18)13(11)17/h3-4,10,19H,2,5-9H2,1H3. The van der Waals surface area contributed by atoms with Crippen molar-refractivity contribution in [1.29, 1.82) is 0 Å². The van der Waals surface area contributed by atoms with Gasteiger partial charge in [-0.3, -0.25) is 4.79 Å². The fourth-order valence-corrected chi connectivity index (χ4v) is 2.55. The SMILES string of the molecule is CCNCC1CCN(C(=O)c2ccc(F)c(F)c2F)CC1. The quantitative estimate of drug-likeness (QED) is 0.867. The van der Waals surface area contributed by atoms with Crippen molar-refractivity contribution in [2.24, 2.45) is 5.92 Å². The molecule has 0 radical (unpaired) electrons. The molecule has 116 valence electrons. The molecule has 6 heteroatoms. The van der Waals surface area contributed by atoms with Crippen molar-refractivity contribution in [2.75, 3.05) is 26.2 Å². The molecule has 0 atom stereocenters. The maximum absolute atomic E-state index is 13.6. The van der Waals surface area contributed by atoms with Crippen molar-refractivity contribution in [3.8, 4) is 0 Å². The molecule has 1 aromatic rings. The van der Waals surface area contributed by atoms with Crippen molar-refractivity contribution < 1.29 is 18.0 Å². The van der Waals surface area contributed by atoms with Crippen molar-refractivity contribution in [2.45, 2.75) is 19.8 Å². The number of amides is 1. The van der Waals surface area contributed by atoms with Gasteiger partial charge in [0.25, 0.3) is 5.91 Å². The number of carbonyl (C=O) groups excluding carboxylic acids is 1. The van der Waals surface area contributed by atoms with Crippen LogP contribution in [0.1, 0.15) is 30.1 Å². The summed E-state index contributed by atoms with van der Waals surface area (Å²) in [7, 11) is 0. The highest BCUT2D eigenvalue weighted by atomic mass is 19.2. The Morgan fingerprint density at radius 2 is 1.90 bits per heavy atom. The van der Waals surface area contributed by atoms with Gasteiger partial charge in [-0.2, -0.15) is 0 Å². The zero-order valence-corrected chi connectivity index (χ0v) is 12.0. The zero-order chi connectivity index (χ0) is 15.4. The van der Waals surface area contributed by atoms with E-state index < -0.39 is 28.9 Å². The van der Waals surface area contributed by atoms with Gasteiger partial charge in [0.2, 0.25) is 0 Å². The number of benzene rings is 1. The van der Waals surface area contributed by atoms with Crippen LogP contribution < -0.4 is 5.32 Å². The van der Waals surface area contributed by atoms with Crippen LogP contribution in [0.3, 0.4) is 0 Å². The van der Waals surface area contributed by atoms with Crippen LogP contribution in [-0.4, -0.2) is 37.0 Å². The van der Waals surface area contributed by atoms with E-state index in [1.165, 1.54) is 4.90 Å². The first kappa shape index (κ1) is 15.8. The molecule has 1 N–H and O–H groups in total. The molecule has 1 aliphatic rings. The summed E-state index contributed by atoms with van der Waals surface area (Å²) in [6, 6.07) is 1.78. The highest BCUT2D eigenvalue weighted by Crippen LogP contribution is 2.21. The topological polar surface area (TPSA) is 32.3 Å². The van der Waals surface area contributed by atoms with E-state index in [4.69, 9.17) is 0 Å². The van der Waals surface area contributed by atoms with Crippen molar-refractivity contribution in [3.63, 3.8) is 0 Å². The number of rotatable bonds is 4. The zero-order valence-electron chi connectivity index (χ0n) is 12.0. The first-order chi connectivity index (χ1) is 10.0. The van der Waals surface area contributed by atoms with Gasteiger partial charge < -0.3 is 10.2 Å². The monoisotopic (exact) mass is 300 g/mol. The van der Waals surface area contributed by atoms with E-state index in [1.807, 2.05) is 6.92 Å². The smallest absolute Gasteiger partial charge is 0.256 e. The third kappa shape index (κ3) is 3.56. The molecule has 2 rings (SSSR count). The Labute approximate surface area is 122 Å². The van der Waals surface area contributed by atoms with Gasteiger partial charge in [0, 0.05) is 13.1 Å². The number of hydrogen-bond donors (Lipinski definition) is 1. The Kier molecular flexibility index (Phi) is 5.22. The van der Waals surface area contributed by atoms with Gasteiger partial charge in [-0.25, -0.2) is 13.2 Å². The summed E-state index contributed by atoms with van der Waals surface area (Å²) in [5.74, 6) is -4.37. The molecule has 3 nitrogen and oxygen atoms in total. The van der Waals surface area contributed by atoms with E-state index in [0.717, 1.165) is 38.1 Å². The summed E-state index contributed by atoms with van der Waals surface area (Å²) in [6.07, 6.45) is 1.65. The number of halogens is 3. The lowest BCUT2D eigenvalue weighted by Crippen LogP contribution is -2.41. The second-order valence-corrected chi connectivity index (χ2v) is 5.27. The van der Waals surface area contributed by atoms with Crippen LogP contribution in [0.25, 0.3) is 0 Å². The first-order valence-corrected chi connectivity index (χ1v) is 7.18. The summed E-state index contributed by atoms with van der Waals surface area (Å²) >= 11 is 0. The van der Waals surface area contributed by atoms with E-state index in [0.29, 0.717) is 19.0 Å². The minimum atomic E-state index is -1.59. The Hall–Kier alpha value is -1.56. The summed E-state index contributed by atoms with van der Waals surface area (Å²) in [6.45, 7) is 4.85. The Balaban J connectivity index is 2.01. The molecule has 0 bridgehead atoms. The van der Waals surface area contributed by atoms with Crippen LogP contribution in [0, 0.1) is 23.4 Å². The van der Waals surface area contributed by atoms with E-state index in [-0.39, 0.29) is 0 Å². The largest absolute Gasteiger partial charge is 0.339 e. The maximum atomic E-state index is 13.6. The molecule has 1 fully saturated rings. The van der Waals surface area contributed by atoms with E-state index >= 15 is 0 Å². The van der Waals surface area contributed by atoms with E-state index in [1.54, 1.807) is 0 Å². The van der Waals surface area contributed by atoms with Gasteiger partial charge in [0.05, 0.1) is 5.56 Å². The van der Waals surface area contributed by atoms with Crippen LogP contribution in [-0.2, 0) is 0 Å². The highest BCUT2D eigenvalue weighted by Gasteiger charge is 2.26. The number of likely N-dealkylation sites (tertiary alicyclic amines) is 1. The first-order valence-electron chi connectivity index (χ1n) is 7.18. The molecule has 1 aliphatic heterocycles. The number of carbonyl (C=O) groups is 1. The average molecular weight is 300 g/mol. The summed E-state index contributed by atoms with van der Waals surface area (Å²) in [4.78, 5) is 13.7. The summed E-state index contributed by atoms with van der Waals surface area (Å²) in [5.41, 5.74) is -0.404. The predicted octanol–water partition coefficient (Wildman–Crippen LogP) is 2.57. The molecular formula is C15H19F3N2O. The molecule has 1 aromatic carbocycles.